The van der Waals surface area contributed by atoms with Crippen LogP contribution in [0, 0.1) is 14.9 Å². The third-order valence-electron chi connectivity index (χ3n) is 5.57. The molecule has 0 fully saturated rings. The first kappa shape index (κ1) is 24.3. The average Bonchev–Trinajstić information content (AvgIpc) is 3.36. The number of benzene rings is 3. The molecule has 0 spiro atoms. The van der Waals surface area contributed by atoms with Gasteiger partial charge in [-0.25, -0.2) is 4.98 Å². The summed E-state index contributed by atoms with van der Waals surface area (Å²) in [5.74, 6) is 2.16. The van der Waals surface area contributed by atoms with Gasteiger partial charge in [-0.1, -0.05) is 18.2 Å². The van der Waals surface area contributed by atoms with E-state index in [4.69, 9.17) is 28.9 Å². The molecular weight excluding hydrogens is 587 g/mol. The first-order valence-corrected chi connectivity index (χ1v) is 12.1. The number of methoxy groups -OCH3 is 2. The van der Waals surface area contributed by atoms with Crippen LogP contribution in [0.5, 0.6) is 17.2 Å². The quantitative estimate of drug-likeness (QED) is 0.185. The van der Waals surface area contributed by atoms with Crippen LogP contribution in [0.3, 0.4) is 0 Å². The summed E-state index contributed by atoms with van der Waals surface area (Å²) in [6.45, 7) is -0.108. The lowest BCUT2D eigenvalue weighted by atomic mass is 10.2. The molecule has 2 heterocycles. The summed E-state index contributed by atoms with van der Waals surface area (Å²) in [4.78, 5) is 18.2. The van der Waals surface area contributed by atoms with Crippen molar-refractivity contribution in [3.05, 3.63) is 80.2 Å². The Morgan fingerprint density at radius 2 is 1.89 bits per heavy atom. The minimum atomic E-state index is -0.347. The Bertz CT molecular complexity index is 1770. The van der Waals surface area contributed by atoms with Gasteiger partial charge in [0.15, 0.2) is 23.9 Å². The predicted molar refractivity (Wildman–Crippen MR) is 148 cm³/mol. The maximum Gasteiger partial charge on any atom is 0.282 e. The fourth-order valence-electron chi connectivity index (χ4n) is 3.90. The van der Waals surface area contributed by atoms with Gasteiger partial charge in [0, 0.05) is 0 Å². The summed E-state index contributed by atoms with van der Waals surface area (Å²) in [5.41, 5.74) is 1.43. The van der Waals surface area contributed by atoms with Crippen LogP contribution >= 0.6 is 22.6 Å². The molecule has 2 aromatic heterocycles. The number of nitrogens with zero attached hydrogens (tertiary/aromatic N) is 4. The highest BCUT2D eigenvalue weighted by Gasteiger charge is 2.18. The van der Waals surface area contributed by atoms with Crippen molar-refractivity contribution in [2.45, 2.75) is 0 Å². The van der Waals surface area contributed by atoms with Crippen molar-refractivity contribution in [1.29, 1.82) is 5.26 Å². The Morgan fingerprint density at radius 1 is 1.08 bits per heavy atom. The van der Waals surface area contributed by atoms with Crippen molar-refractivity contribution in [1.82, 2.24) is 9.66 Å². The Morgan fingerprint density at radius 3 is 2.68 bits per heavy atom. The maximum absolute atomic E-state index is 13.5. The standard InChI is InChI=1S/C27H19IN4O5/c1-34-21-8-5-9-22-18(21)14-24(37-22)26-31-20-7-4-3-6-17(20)27(33)32(26)30-15-16-12-19(28)25(36-11-10-29)23(13-16)35-2/h3-9,12-15H,11H2,1-2H3. The zero-order valence-corrected chi connectivity index (χ0v) is 21.9. The second kappa shape index (κ2) is 10.3. The van der Waals surface area contributed by atoms with Gasteiger partial charge < -0.3 is 18.6 Å². The van der Waals surface area contributed by atoms with Gasteiger partial charge in [0.1, 0.15) is 17.4 Å². The molecule has 9 nitrogen and oxygen atoms in total. The normalized spacial score (nSPS) is 11.2. The second-order valence-electron chi connectivity index (χ2n) is 7.78. The summed E-state index contributed by atoms with van der Waals surface area (Å²) in [6.07, 6.45) is 1.53. The number of nitriles is 1. The molecule has 3 aromatic carbocycles. The van der Waals surface area contributed by atoms with Crippen molar-refractivity contribution < 1.29 is 18.6 Å². The Kier molecular flexibility index (Phi) is 6.78. The summed E-state index contributed by atoms with van der Waals surface area (Å²) < 4.78 is 24.4. The van der Waals surface area contributed by atoms with E-state index in [1.807, 2.05) is 36.4 Å². The van der Waals surface area contributed by atoms with Gasteiger partial charge in [0.25, 0.3) is 5.56 Å². The van der Waals surface area contributed by atoms with Gasteiger partial charge in [0.05, 0.1) is 40.3 Å². The van der Waals surface area contributed by atoms with Crippen LogP contribution in [-0.4, -0.2) is 36.7 Å². The van der Waals surface area contributed by atoms with Gasteiger partial charge in [-0.3, -0.25) is 4.79 Å². The molecule has 0 atom stereocenters. The minimum absolute atomic E-state index is 0.108. The Balaban J connectivity index is 1.67. The third kappa shape index (κ3) is 4.61. The highest BCUT2D eigenvalue weighted by molar-refractivity contribution is 14.1. The second-order valence-corrected chi connectivity index (χ2v) is 8.94. The Hall–Kier alpha value is -4.37. The number of hydrogen-bond acceptors (Lipinski definition) is 8. The van der Waals surface area contributed by atoms with Gasteiger partial charge >= 0.3 is 0 Å². The van der Waals surface area contributed by atoms with Crippen LogP contribution in [-0.2, 0) is 0 Å². The first-order chi connectivity index (χ1) is 18.0. The number of furan rings is 1. The molecule has 0 saturated heterocycles. The van der Waals surface area contributed by atoms with E-state index in [1.165, 1.54) is 18.0 Å². The molecule has 37 heavy (non-hydrogen) atoms. The summed E-state index contributed by atoms with van der Waals surface area (Å²) in [7, 11) is 3.10. The molecule has 10 heteroatoms. The third-order valence-corrected chi connectivity index (χ3v) is 6.37. The number of aromatic nitrogens is 2. The van der Waals surface area contributed by atoms with E-state index >= 15 is 0 Å². The number of halogens is 1. The van der Waals surface area contributed by atoms with Gasteiger partial charge in [-0.15, -0.1) is 0 Å². The molecule has 5 rings (SSSR count). The zero-order chi connectivity index (χ0) is 25.9. The first-order valence-electron chi connectivity index (χ1n) is 11.0. The minimum Gasteiger partial charge on any atom is -0.496 e. The van der Waals surface area contributed by atoms with E-state index in [0.29, 0.717) is 45.1 Å². The molecule has 0 aliphatic carbocycles. The molecule has 0 aliphatic rings. The Labute approximate surface area is 224 Å². The van der Waals surface area contributed by atoms with E-state index in [2.05, 4.69) is 27.7 Å². The number of ether oxygens (including phenoxy) is 3. The van der Waals surface area contributed by atoms with Crippen molar-refractivity contribution in [3.63, 3.8) is 0 Å². The lowest BCUT2D eigenvalue weighted by molar-refractivity contribution is 0.327. The van der Waals surface area contributed by atoms with E-state index in [1.54, 1.807) is 37.4 Å². The highest BCUT2D eigenvalue weighted by Crippen LogP contribution is 2.34. The van der Waals surface area contributed by atoms with Crippen LogP contribution in [0.15, 0.2) is 75.0 Å². The lowest BCUT2D eigenvalue weighted by Gasteiger charge is -2.11. The molecule has 0 amide bonds. The lowest BCUT2D eigenvalue weighted by Crippen LogP contribution is -2.20. The smallest absolute Gasteiger partial charge is 0.282 e. The van der Waals surface area contributed by atoms with Crippen LogP contribution < -0.4 is 19.8 Å². The fourth-order valence-corrected chi connectivity index (χ4v) is 4.68. The van der Waals surface area contributed by atoms with Crippen molar-refractivity contribution in [2.75, 3.05) is 20.8 Å². The SMILES string of the molecule is COc1cc(C=Nn2c(-c3cc4c(OC)cccc4o3)nc3ccccc3c2=O)cc(I)c1OCC#N. The van der Waals surface area contributed by atoms with E-state index in [9.17, 15) is 4.79 Å². The van der Waals surface area contributed by atoms with Crippen molar-refractivity contribution in [2.24, 2.45) is 5.10 Å². The van der Waals surface area contributed by atoms with Crippen LogP contribution in [0.2, 0.25) is 0 Å². The number of hydrogen-bond donors (Lipinski definition) is 0. The van der Waals surface area contributed by atoms with Crippen molar-refractivity contribution >= 4 is 50.7 Å². The highest BCUT2D eigenvalue weighted by atomic mass is 127. The van der Waals surface area contributed by atoms with Crippen LogP contribution in [0.4, 0.5) is 0 Å². The van der Waals surface area contributed by atoms with Gasteiger partial charge in [0.2, 0.25) is 5.82 Å². The van der Waals surface area contributed by atoms with Crippen LogP contribution in [0.25, 0.3) is 33.5 Å². The van der Waals surface area contributed by atoms with Gasteiger partial charge in [-0.2, -0.15) is 15.0 Å². The molecule has 0 aliphatic heterocycles. The summed E-state index contributed by atoms with van der Waals surface area (Å²) in [5, 5.41) is 14.5. The number of fused-ring (bicyclic) bond motifs is 2. The average molecular weight is 606 g/mol. The molecule has 0 unspecified atom stereocenters. The number of para-hydroxylation sites is 1. The topological polar surface area (TPSA) is 112 Å². The van der Waals surface area contributed by atoms with Crippen molar-refractivity contribution in [3.8, 4) is 34.9 Å². The maximum atomic E-state index is 13.5. The predicted octanol–water partition coefficient (Wildman–Crippen LogP) is 5.22. The monoisotopic (exact) mass is 606 g/mol. The number of rotatable bonds is 7. The zero-order valence-electron chi connectivity index (χ0n) is 19.8. The van der Waals surface area contributed by atoms with Crippen LogP contribution in [0.1, 0.15) is 5.56 Å². The van der Waals surface area contributed by atoms with E-state index in [0.717, 1.165) is 8.96 Å². The van der Waals surface area contributed by atoms with Gasteiger partial charge in [-0.05, 0) is 70.6 Å². The fraction of sp³-hybridized carbons (Fsp3) is 0.111. The summed E-state index contributed by atoms with van der Waals surface area (Å²) >= 11 is 2.09. The molecule has 0 N–H and O–H groups in total. The summed E-state index contributed by atoms with van der Waals surface area (Å²) in [6, 6.07) is 19.8. The molecular formula is C27H19IN4O5. The molecule has 5 aromatic rings. The molecule has 0 radical (unpaired) electrons. The largest absolute Gasteiger partial charge is 0.496 e. The molecule has 184 valence electrons. The molecule has 0 bridgehead atoms. The molecule has 0 saturated carbocycles. The van der Waals surface area contributed by atoms with E-state index < -0.39 is 0 Å². The van der Waals surface area contributed by atoms with E-state index in [-0.39, 0.29) is 18.0 Å².